The molecule has 5 nitrogen and oxygen atoms in total. The second-order valence-corrected chi connectivity index (χ2v) is 4.76. The fraction of sp³-hybridized carbons (Fsp3) is 0.533. The third-order valence-electron chi connectivity index (χ3n) is 2.88. The van der Waals surface area contributed by atoms with Gasteiger partial charge in [0.05, 0.1) is 12.7 Å². The van der Waals surface area contributed by atoms with Crippen LogP contribution in [0.25, 0.3) is 0 Å². The molecule has 0 radical (unpaired) electrons. The van der Waals surface area contributed by atoms with Gasteiger partial charge in [0.15, 0.2) is 0 Å². The summed E-state index contributed by atoms with van der Waals surface area (Å²) < 4.78 is 5.07. The van der Waals surface area contributed by atoms with Crippen LogP contribution < -0.4 is 10.6 Å². The van der Waals surface area contributed by atoms with E-state index in [2.05, 4.69) is 10.6 Å². The first-order valence-corrected chi connectivity index (χ1v) is 6.92. The van der Waals surface area contributed by atoms with Gasteiger partial charge in [-0.3, -0.25) is 0 Å². The molecule has 3 N–H and O–H groups in total. The lowest BCUT2D eigenvalue weighted by Gasteiger charge is -2.12. The smallest absolute Gasteiger partial charge is 0.315 e. The molecule has 1 rings (SSSR count). The van der Waals surface area contributed by atoms with Gasteiger partial charge in [-0.15, -0.1) is 0 Å². The number of urea groups is 1. The number of hydrogen-bond acceptors (Lipinski definition) is 3. The zero-order valence-electron chi connectivity index (χ0n) is 12.2. The Bertz CT molecular complexity index is 410. The molecule has 0 aliphatic rings. The number of carbonyl (C=O) groups is 1. The second kappa shape index (κ2) is 9.34. The molecule has 0 saturated heterocycles. The van der Waals surface area contributed by atoms with E-state index in [1.54, 1.807) is 7.11 Å². The number of rotatable bonds is 8. The maximum Gasteiger partial charge on any atom is 0.315 e. The molecule has 2 amide bonds. The Hall–Kier alpha value is -1.59. The van der Waals surface area contributed by atoms with Crippen LogP contribution in [0.4, 0.5) is 4.79 Å². The van der Waals surface area contributed by atoms with E-state index in [1.807, 2.05) is 31.2 Å². The van der Waals surface area contributed by atoms with E-state index in [0.717, 1.165) is 17.5 Å². The maximum atomic E-state index is 11.6. The highest BCUT2D eigenvalue weighted by atomic mass is 16.5. The molecular weight excluding hydrogens is 256 g/mol. The molecule has 0 bridgehead atoms. The van der Waals surface area contributed by atoms with Crippen molar-refractivity contribution in [3.05, 3.63) is 35.4 Å². The van der Waals surface area contributed by atoms with Crippen LogP contribution >= 0.6 is 0 Å². The molecule has 0 aliphatic heterocycles. The van der Waals surface area contributed by atoms with Gasteiger partial charge in [0.2, 0.25) is 0 Å². The Labute approximate surface area is 120 Å². The molecule has 0 heterocycles. The molecule has 1 aromatic carbocycles. The van der Waals surface area contributed by atoms with Crippen LogP contribution in [0.15, 0.2) is 24.3 Å². The number of ether oxygens (including phenoxy) is 1. The maximum absolute atomic E-state index is 11.6. The van der Waals surface area contributed by atoms with Crippen molar-refractivity contribution in [3.8, 4) is 0 Å². The molecule has 0 fully saturated rings. The average Bonchev–Trinajstić information content (AvgIpc) is 2.44. The summed E-state index contributed by atoms with van der Waals surface area (Å²) >= 11 is 0. The summed E-state index contributed by atoms with van der Waals surface area (Å²) in [5, 5.41) is 14.9. The van der Waals surface area contributed by atoms with Gasteiger partial charge in [0, 0.05) is 20.2 Å². The molecule has 0 aromatic heterocycles. The molecule has 20 heavy (non-hydrogen) atoms. The highest BCUT2D eigenvalue weighted by Crippen LogP contribution is 2.06. The predicted octanol–water partition coefficient (Wildman–Crippen LogP) is 1.79. The van der Waals surface area contributed by atoms with Crippen molar-refractivity contribution in [3.63, 3.8) is 0 Å². The molecule has 1 atom stereocenters. The van der Waals surface area contributed by atoms with Crippen molar-refractivity contribution in [1.82, 2.24) is 10.6 Å². The summed E-state index contributed by atoms with van der Waals surface area (Å²) in [6.07, 6.45) is 1.12. The first kappa shape index (κ1) is 16.5. The predicted molar refractivity (Wildman–Crippen MR) is 78.3 cm³/mol. The van der Waals surface area contributed by atoms with Crippen LogP contribution in [0.5, 0.6) is 0 Å². The normalized spacial score (nSPS) is 11.9. The average molecular weight is 280 g/mol. The van der Waals surface area contributed by atoms with Crippen LogP contribution in [-0.4, -0.2) is 30.9 Å². The molecule has 112 valence electrons. The van der Waals surface area contributed by atoms with Crippen molar-refractivity contribution in [2.75, 3.05) is 13.7 Å². The first-order valence-electron chi connectivity index (χ1n) is 6.92. The quantitative estimate of drug-likeness (QED) is 0.680. The van der Waals surface area contributed by atoms with Gasteiger partial charge < -0.3 is 20.5 Å². The minimum atomic E-state index is -0.476. The Morgan fingerprint density at radius 3 is 2.80 bits per heavy atom. The summed E-state index contributed by atoms with van der Waals surface area (Å²) in [7, 11) is 1.65. The summed E-state index contributed by atoms with van der Waals surface area (Å²) in [6.45, 7) is 3.29. The summed E-state index contributed by atoms with van der Waals surface area (Å²) in [6, 6.07) is 7.60. The van der Waals surface area contributed by atoms with Crippen molar-refractivity contribution in [2.24, 2.45) is 0 Å². The molecule has 1 aromatic rings. The fourth-order valence-electron chi connectivity index (χ4n) is 1.89. The highest BCUT2D eigenvalue weighted by Gasteiger charge is 2.05. The number of methoxy groups -OCH3 is 1. The number of hydrogen-bond donors (Lipinski definition) is 3. The number of aliphatic hydroxyl groups is 1. The third kappa shape index (κ3) is 6.54. The third-order valence-corrected chi connectivity index (χ3v) is 2.88. The molecule has 5 heteroatoms. The van der Waals surface area contributed by atoms with E-state index >= 15 is 0 Å². The lowest BCUT2D eigenvalue weighted by Crippen LogP contribution is -2.39. The van der Waals surface area contributed by atoms with Crippen LogP contribution in [0.2, 0.25) is 0 Å². The van der Waals surface area contributed by atoms with Gasteiger partial charge in [-0.1, -0.05) is 37.6 Å². The Kier molecular flexibility index (Phi) is 7.69. The van der Waals surface area contributed by atoms with E-state index < -0.39 is 6.10 Å². The lowest BCUT2D eigenvalue weighted by molar-refractivity contribution is 0.160. The SMILES string of the molecule is CCCC(O)CNC(=O)NCc1cccc(COC)c1. The number of amides is 2. The largest absolute Gasteiger partial charge is 0.391 e. The Morgan fingerprint density at radius 1 is 1.35 bits per heavy atom. The zero-order chi connectivity index (χ0) is 14.8. The van der Waals surface area contributed by atoms with Crippen molar-refractivity contribution >= 4 is 6.03 Å². The summed E-state index contributed by atoms with van der Waals surface area (Å²) in [5.41, 5.74) is 2.09. The van der Waals surface area contributed by atoms with Crippen LogP contribution in [0.1, 0.15) is 30.9 Å². The van der Waals surface area contributed by atoms with Gasteiger partial charge in [0.1, 0.15) is 0 Å². The fourth-order valence-corrected chi connectivity index (χ4v) is 1.89. The van der Waals surface area contributed by atoms with Crippen molar-refractivity contribution in [2.45, 2.75) is 39.0 Å². The molecular formula is C15H24N2O3. The summed E-state index contributed by atoms with van der Waals surface area (Å²) in [4.78, 5) is 11.6. The first-order chi connectivity index (χ1) is 9.65. The molecule has 1 unspecified atom stereocenters. The standard InChI is InChI=1S/C15H24N2O3/c1-3-5-14(18)10-17-15(19)16-9-12-6-4-7-13(8-12)11-20-2/h4,6-8,14,18H,3,5,9-11H2,1-2H3,(H2,16,17,19). The zero-order valence-corrected chi connectivity index (χ0v) is 12.2. The van der Waals surface area contributed by atoms with E-state index in [1.165, 1.54) is 0 Å². The lowest BCUT2D eigenvalue weighted by atomic mass is 10.1. The Balaban J connectivity index is 2.31. The van der Waals surface area contributed by atoms with E-state index in [0.29, 0.717) is 19.6 Å². The second-order valence-electron chi connectivity index (χ2n) is 4.76. The minimum absolute atomic E-state index is 0.266. The van der Waals surface area contributed by atoms with Crippen molar-refractivity contribution in [1.29, 1.82) is 0 Å². The Morgan fingerprint density at radius 2 is 2.10 bits per heavy atom. The van der Waals surface area contributed by atoms with Crippen LogP contribution in [0, 0.1) is 0 Å². The topological polar surface area (TPSA) is 70.6 Å². The highest BCUT2D eigenvalue weighted by molar-refractivity contribution is 5.73. The van der Waals surface area contributed by atoms with Gasteiger partial charge in [0.25, 0.3) is 0 Å². The van der Waals surface area contributed by atoms with Gasteiger partial charge >= 0.3 is 6.03 Å². The molecule has 0 saturated carbocycles. The van der Waals surface area contributed by atoms with Gasteiger partial charge in [-0.25, -0.2) is 4.79 Å². The van der Waals surface area contributed by atoms with E-state index in [9.17, 15) is 9.90 Å². The number of carbonyl (C=O) groups excluding carboxylic acids is 1. The van der Waals surface area contributed by atoms with Crippen LogP contribution in [0.3, 0.4) is 0 Å². The van der Waals surface area contributed by atoms with Gasteiger partial charge in [-0.2, -0.15) is 0 Å². The molecule has 0 aliphatic carbocycles. The molecule has 0 spiro atoms. The number of nitrogens with one attached hydrogen (secondary N) is 2. The van der Waals surface area contributed by atoms with Gasteiger partial charge in [-0.05, 0) is 17.5 Å². The van der Waals surface area contributed by atoms with E-state index in [-0.39, 0.29) is 12.6 Å². The van der Waals surface area contributed by atoms with E-state index in [4.69, 9.17) is 4.74 Å². The minimum Gasteiger partial charge on any atom is -0.391 e. The van der Waals surface area contributed by atoms with Crippen LogP contribution in [-0.2, 0) is 17.9 Å². The number of aliphatic hydroxyl groups excluding tert-OH is 1. The number of benzene rings is 1. The monoisotopic (exact) mass is 280 g/mol. The summed E-state index contributed by atoms with van der Waals surface area (Å²) in [5.74, 6) is 0. The van der Waals surface area contributed by atoms with Crippen molar-refractivity contribution < 1.29 is 14.6 Å².